The molecule has 0 spiro atoms. The highest BCUT2D eigenvalue weighted by atomic mass is 32.2. The van der Waals surface area contributed by atoms with E-state index in [-0.39, 0.29) is 30.0 Å². The van der Waals surface area contributed by atoms with Gasteiger partial charge in [-0.15, -0.1) is 5.10 Å². The number of carbonyl (C=O) groups excluding carboxylic acids is 2. The molecular formula is C16H16N4O4S. The number of fused-ring (bicyclic) bond motifs is 1. The Morgan fingerprint density at radius 2 is 2.20 bits per heavy atom. The molecule has 1 aliphatic carbocycles. The zero-order valence-electron chi connectivity index (χ0n) is 13.4. The number of ether oxygens (including phenoxy) is 1. The van der Waals surface area contributed by atoms with E-state index in [1.165, 1.54) is 11.8 Å². The monoisotopic (exact) mass is 360 g/mol. The Labute approximate surface area is 146 Å². The Morgan fingerprint density at radius 3 is 2.96 bits per heavy atom. The van der Waals surface area contributed by atoms with Crippen molar-refractivity contribution < 1.29 is 14.3 Å². The fraction of sp³-hybridized carbons (Fsp3) is 0.375. The minimum atomic E-state index is -0.425. The number of aromatic amines is 1. The van der Waals surface area contributed by atoms with Crippen molar-refractivity contribution in [2.24, 2.45) is 0 Å². The fourth-order valence-electron chi connectivity index (χ4n) is 2.71. The summed E-state index contributed by atoms with van der Waals surface area (Å²) < 4.78 is 6.92. The van der Waals surface area contributed by atoms with Gasteiger partial charge in [0.1, 0.15) is 5.75 Å². The molecule has 9 heteroatoms. The van der Waals surface area contributed by atoms with Crippen LogP contribution < -0.4 is 15.7 Å². The normalized spacial score (nSPS) is 17.4. The standard InChI is InChI=1S/C16H16N4O4S/c1-8(25-16-19-18-15(23)20(16)10-3-4-10)14(22)9-2-5-12-11(6-9)17-13(21)7-24-12/h2,5-6,8,10H,3-4,7H2,1H3,(H,17,21)(H,18,23)/t8-/m1/s1. The highest BCUT2D eigenvalue weighted by Gasteiger charge is 2.30. The summed E-state index contributed by atoms with van der Waals surface area (Å²) in [7, 11) is 0. The maximum atomic E-state index is 12.7. The van der Waals surface area contributed by atoms with Crippen LogP contribution in [0.5, 0.6) is 5.75 Å². The van der Waals surface area contributed by atoms with Gasteiger partial charge in [0, 0.05) is 11.6 Å². The molecule has 1 aliphatic heterocycles. The molecule has 130 valence electrons. The number of benzene rings is 1. The number of amides is 1. The highest BCUT2D eigenvalue weighted by molar-refractivity contribution is 8.00. The summed E-state index contributed by atoms with van der Waals surface area (Å²) >= 11 is 1.25. The number of hydrogen-bond donors (Lipinski definition) is 2. The Bertz CT molecular complexity index is 915. The van der Waals surface area contributed by atoms with Gasteiger partial charge in [-0.1, -0.05) is 11.8 Å². The average molecular weight is 360 g/mol. The molecular weight excluding hydrogens is 344 g/mol. The van der Waals surface area contributed by atoms with Gasteiger partial charge in [-0.2, -0.15) is 0 Å². The SMILES string of the molecule is C[C@@H](Sc1n[nH]c(=O)n1C1CC1)C(=O)c1ccc2c(c1)NC(=O)CO2. The van der Waals surface area contributed by atoms with Gasteiger partial charge >= 0.3 is 5.69 Å². The third-order valence-corrected chi connectivity index (χ3v) is 5.20. The summed E-state index contributed by atoms with van der Waals surface area (Å²) in [5.41, 5.74) is 0.729. The van der Waals surface area contributed by atoms with E-state index in [2.05, 4.69) is 15.5 Å². The quantitative estimate of drug-likeness (QED) is 0.620. The lowest BCUT2D eigenvalue weighted by atomic mass is 10.1. The highest BCUT2D eigenvalue weighted by Crippen LogP contribution is 2.37. The number of carbonyl (C=O) groups is 2. The van der Waals surface area contributed by atoms with Crippen LogP contribution in [0.4, 0.5) is 5.69 Å². The van der Waals surface area contributed by atoms with Gasteiger partial charge < -0.3 is 10.1 Å². The summed E-state index contributed by atoms with van der Waals surface area (Å²) in [6.07, 6.45) is 1.92. The first-order valence-corrected chi connectivity index (χ1v) is 8.85. The predicted molar refractivity (Wildman–Crippen MR) is 91.3 cm³/mol. The van der Waals surface area contributed by atoms with Crippen LogP contribution in [-0.4, -0.2) is 38.3 Å². The molecule has 0 saturated heterocycles. The largest absolute Gasteiger partial charge is 0.482 e. The Morgan fingerprint density at radius 1 is 1.40 bits per heavy atom. The van der Waals surface area contributed by atoms with Crippen molar-refractivity contribution in [3.63, 3.8) is 0 Å². The van der Waals surface area contributed by atoms with Crippen molar-refractivity contribution in [3.8, 4) is 5.75 Å². The van der Waals surface area contributed by atoms with Crippen LogP contribution in [0.1, 0.15) is 36.2 Å². The number of thioether (sulfide) groups is 1. The maximum Gasteiger partial charge on any atom is 0.344 e. The van der Waals surface area contributed by atoms with E-state index in [1.807, 2.05) is 0 Å². The lowest BCUT2D eigenvalue weighted by molar-refractivity contribution is -0.118. The van der Waals surface area contributed by atoms with Crippen molar-refractivity contribution in [1.82, 2.24) is 14.8 Å². The predicted octanol–water partition coefficient (Wildman–Crippen LogP) is 1.60. The first-order chi connectivity index (χ1) is 12.0. The zero-order valence-corrected chi connectivity index (χ0v) is 14.3. The lowest BCUT2D eigenvalue weighted by Gasteiger charge is -2.19. The Kier molecular flexibility index (Phi) is 3.87. The smallest absolute Gasteiger partial charge is 0.344 e. The van der Waals surface area contributed by atoms with E-state index >= 15 is 0 Å². The van der Waals surface area contributed by atoms with Crippen molar-refractivity contribution >= 4 is 29.1 Å². The molecule has 0 unspecified atom stereocenters. The minimum Gasteiger partial charge on any atom is -0.482 e. The van der Waals surface area contributed by atoms with Crippen LogP contribution in [0.3, 0.4) is 0 Å². The van der Waals surface area contributed by atoms with Gasteiger partial charge in [-0.25, -0.2) is 9.89 Å². The van der Waals surface area contributed by atoms with Crippen LogP contribution in [0.15, 0.2) is 28.2 Å². The van der Waals surface area contributed by atoms with Crippen molar-refractivity contribution in [2.75, 3.05) is 11.9 Å². The number of ketones is 1. The number of hydrogen-bond acceptors (Lipinski definition) is 6. The van der Waals surface area contributed by atoms with Crippen molar-refractivity contribution in [1.29, 1.82) is 0 Å². The molecule has 25 heavy (non-hydrogen) atoms. The molecule has 0 radical (unpaired) electrons. The third-order valence-electron chi connectivity index (χ3n) is 4.13. The molecule has 1 saturated carbocycles. The van der Waals surface area contributed by atoms with Crippen LogP contribution >= 0.6 is 11.8 Å². The number of anilines is 1. The number of nitrogens with one attached hydrogen (secondary N) is 2. The second-order valence-electron chi connectivity index (χ2n) is 6.08. The molecule has 2 N–H and O–H groups in total. The fourth-order valence-corrected chi connectivity index (χ4v) is 3.71. The van der Waals surface area contributed by atoms with Gasteiger partial charge in [-0.05, 0) is 38.0 Å². The lowest BCUT2D eigenvalue weighted by Crippen LogP contribution is -2.26. The maximum absolute atomic E-state index is 12.7. The van der Waals surface area contributed by atoms with Gasteiger partial charge in [0.2, 0.25) is 0 Å². The number of aromatic nitrogens is 3. The molecule has 1 aromatic heterocycles. The first kappa shape index (κ1) is 15.9. The molecule has 4 rings (SSSR count). The Balaban J connectivity index is 1.54. The molecule has 2 aliphatic rings. The summed E-state index contributed by atoms with van der Waals surface area (Å²) in [6.45, 7) is 1.75. The molecule has 8 nitrogen and oxygen atoms in total. The molecule has 0 bridgehead atoms. The summed E-state index contributed by atoms with van der Waals surface area (Å²) in [5.74, 6) is 0.196. The van der Waals surface area contributed by atoms with Gasteiger partial charge in [0.15, 0.2) is 17.5 Å². The van der Waals surface area contributed by atoms with Gasteiger partial charge in [0.25, 0.3) is 5.91 Å². The minimum absolute atomic E-state index is 0.0234. The average Bonchev–Trinajstić information content (AvgIpc) is 3.37. The van der Waals surface area contributed by atoms with Crippen LogP contribution in [0, 0.1) is 0 Å². The zero-order chi connectivity index (χ0) is 17.6. The van der Waals surface area contributed by atoms with E-state index in [0.717, 1.165) is 12.8 Å². The van der Waals surface area contributed by atoms with E-state index in [4.69, 9.17) is 4.74 Å². The van der Waals surface area contributed by atoms with E-state index in [9.17, 15) is 14.4 Å². The second kappa shape index (κ2) is 6.07. The second-order valence-corrected chi connectivity index (χ2v) is 7.39. The molecule has 1 aromatic carbocycles. The van der Waals surface area contributed by atoms with E-state index in [0.29, 0.717) is 22.2 Å². The third kappa shape index (κ3) is 3.07. The molecule has 1 fully saturated rings. The summed E-state index contributed by atoms with van der Waals surface area (Å²) in [5, 5.41) is 9.28. The van der Waals surface area contributed by atoms with Crippen molar-refractivity contribution in [3.05, 3.63) is 34.2 Å². The molecule has 1 amide bonds. The van der Waals surface area contributed by atoms with Crippen LogP contribution in [0.2, 0.25) is 0 Å². The van der Waals surface area contributed by atoms with E-state index < -0.39 is 5.25 Å². The topological polar surface area (TPSA) is 106 Å². The number of rotatable bonds is 5. The molecule has 2 heterocycles. The van der Waals surface area contributed by atoms with Gasteiger partial charge in [0.05, 0.1) is 10.9 Å². The van der Waals surface area contributed by atoms with Crippen LogP contribution in [-0.2, 0) is 4.79 Å². The number of nitrogens with zero attached hydrogens (tertiary/aromatic N) is 2. The molecule has 1 atom stereocenters. The van der Waals surface area contributed by atoms with Crippen LogP contribution in [0.25, 0.3) is 0 Å². The summed E-state index contributed by atoms with van der Waals surface area (Å²) in [6, 6.07) is 5.15. The Hall–Kier alpha value is -2.55. The molecule has 2 aromatic rings. The van der Waals surface area contributed by atoms with E-state index in [1.54, 1.807) is 29.7 Å². The van der Waals surface area contributed by atoms with Gasteiger partial charge in [-0.3, -0.25) is 14.2 Å². The number of H-pyrrole nitrogens is 1. The first-order valence-electron chi connectivity index (χ1n) is 7.97. The number of Topliss-reactive ketones (excluding diaryl/α,β-unsaturated/α-hetero) is 1. The van der Waals surface area contributed by atoms with Crippen molar-refractivity contribution in [2.45, 2.75) is 36.2 Å². The summed E-state index contributed by atoms with van der Waals surface area (Å²) in [4.78, 5) is 36.0.